The molecule has 0 bridgehead atoms. The van der Waals surface area contributed by atoms with Crippen molar-refractivity contribution in [2.24, 2.45) is 7.05 Å². The topological polar surface area (TPSA) is 76.0 Å². The highest BCUT2D eigenvalue weighted by molar-refractivity contribution is 7.94. The largest absolute Gasteiger partial charge is 0.313 e. The molecule has 6 nitrogen and oxygen atoms in total. The molecule has 0 atom stereocenters. The van der Waals surface area contributed by atoms with Crippen LogP contribution in [0.3, 0.4) is 0 Å². The molecule has 0 fully saturated rings. The number of sulfonamides is 1. The first-order chi connectivity index (χ1) is 9.01. The fraction of sp³-hybridized carbons (Fsp3) is 0.364. The highest BCUT2D eigenvalue weighted by Crippen LogP contribution is 2.22. The van der Waals surface area contributed by atoms with Gasteiger partial charge >= 0.3 is 0 Å². The van der Waals surface area contributed by atoms with Gasteiger partial charge in [0.25, 0.3) is 10.0 Å². The minimum atomic E-state index is -3.54. The van der Waals surface area contributed by atoms with Gasteiger partial charge in [0.1, 0.15) is 4.21 Å². The zero-order chi connectivity index (χ0) is 13.9. The molecule has 0 saturated heterocycles. The molecule has 0 radical (unpaired) electrons. The van der Waals surface area contributed by atoms with Gasteiger partial charge in [-0.1, -0.05) is 6.92 Å². The molecule has 0 aliphatic heterocycles. The van der Waals surface area contributed by atoms with Crippen molar-refractivity contribution in [1.29, 1.82) is 0 Å². The number of anilines is 1. The lowest BCUT2D eigenvalue weighted by atomic mass is 10.3. The summed E-state index contributed by atoms with van der Waals surface area (Å²) >= 11 is 1.21. The summed E-state index contributed by atoms with van der Waals surface area (Å²) in [5, 5.41) is 9.00. The van der Waals surface area contributed by atoms with E-state index in [4.69, 9.17) is 0 Å². The number of aryl methyl sites for hydroxylation is 1. The molecule has 0 aliphatic rings. The van der Waals surface area contributed by atoms with Crippen LogP contribution in [0.4, 0.5) is 5.82 Å². The molecule has 0 aromatic carbocycles. The fourth-order valence-electron chi connectivity index (χ4n) is 1.51. The SMILES string of the molecule is CCNCc1csc(S(=O)(=O)Nc2ccn(C)n2)c1. The summed E-state index contributed by atoms with van der Waals surface area (Å²) in [6, 6.07) is 3.29. The molecule has 2 aromatic heterocycles. The summed E-state index contributed by atoms with van der Waals surface area (Å²) in [6.45, 7) is 3.53. The van der Waals surface area contributed by atoms with E-state index in [2.05, 4.69) is 15.1 Å². The third-order valence-corrected chi connectivity index (χ3v) is 5.27. The molecule has 104 valence electrons. The van der Waals surface area contributed by atoms with Gasteiger partial charge in [-0.25, -0.2) is 8.42 Å². The van der Waals surface area contributed by atoms with E-state index in [1.54, 1.807) is 30.1 Å². The van der Waals surface area contributed by atoms with Gasteiger partial charge < -0.3 is 5.32 Å². The number of thiophene rings is 1. The van der Waals surface area contributed by atoms with Crippen molar-refractivity contribution in [2.75, 3.05) is 11.3 Å². The monoisotopic (exact) mass is 300 g/mol. The maximum absolute atomic E-state index is 12.1. The van der Waals surface area contributed by atoms with E-state index in [0.717, 1.165) is 12.1 Å². The van der Waals surface area contributed by atoms with E-state index >= 15 is 0 Å². The Morgan fingerprint density at radius 3 is 2.89 bits per heavy atom. The van der Waals surface area contributed by atoms with Crippen LogP contribution in [0.25, 0.3) is 0 Å². The van der Waals surface area contributed by atoms with Crippen molar-refractivity contribution in [3.05, 3.63) is 29.3 Å². The number of hydrogen-bond donors (Lipinski definition) is 2. The zero-order valence-corrected chi connectivity index (χ0v) is 12.4. The normalized spacial score (nSPS) is 11.7. The summed E-state index contributed by atoms with van der Waals surface area (Å²) < 4.78 is 28.6. The first-order valence-electron chi connectivity index (χ1n) is 5.82. The molecule has 19 heavy (non-hydrogen) atoms. The van der Waals surface area contributed by atoms with Crippen molar-refractivity contribution in [2.45, 2.75) is 17.7 Å². The molecule has 0 amide bonds. The lowest BCUT2D eigenvalue weighted by Crippen LogP contribution is -2.13. The highest BCUT2D eigenvalue weighted by atomic mass is 32.2. The van der Waals surface area contributed by atoms with Crippen LogP contribution in [-0.2, 0) is 23.6 Å². The van der Waals surface area contributed by atoms with E-state index < -0.39 is 10.0 Å². The Balaban J connectivity index is 2.13. The number of nitrogens with one attached hydrogen (secondary N) is 2. The molecule has 2 rings (SSSR count). The Bertz CT molecular complexity index is 645. The van der Waals surface area contributed by atoms with Crippen LogP contribution < -0.4 is 10.0 Å². The van der Waals surface area contributed by atoms with Crippen molar-refractivity contribution in [1.82, 2.24) is 15.1 Å². The van der Waals surface area contributed by atoms with Gasteiger partial charge in [-0.2, -0.15) is 5.10 Å². The van der Waals surface area contributed by atoms with Gasteiger partial charge in [-0.3, -0.25) is 9.40 Å². The van der Waals surface area contributed by atoms with Crippen molar-refractivity contribution in [3.8, 4) is 0 Å². The van der Waals surface area contributed by atoms with Gasteiger partial charge in [-0.05, 0) is 23.6 Å². The summed E-state index contributed by atoms with van der Waals surface area (Å²) in [5.41, 5.74) is 0.966. The van der Waals surface area contributed by atoms with Crippen LogP contribution in [0.5, 0.6) is 0 Å². The van der Waals surface area contributed by atoms with E-state index in [1.807, 2.05) is 12.3 Å². The van der Waals surface area contributed by atoms with E-state index in [-0.39, 0.29) is 0 Å². The number of nitrogens with zero attached hydrogens (tertiary/aromatic N) is 2. The second kappa shape index (κ2) is 5.72. The average Bonchev–Trinajstić information content (AvgIpc) is 2.95. The quantitative estimate of drug-likeness (QED) is 0.845. The molecule has 0 aliphatic carbocycles. The first kappa shape index (κ1) is 14.0. The Hall–Kier alpha value is -1.38. The minimum Gasteiger partial charge on any atom is -0.313 e. The standard InChI is InChI=1S/C11H16N4O2S2/c1-3-12-7-9-6-11(18-8-9)19(16,17)14-10-4-5-15(2)13-10/h4-6,8,12H,3,7H2,1-2H3,(H,13,14). The molecule has 0 spiro atoms. The van der Waals surface area contributed by atoms with E-state index in [9.17, 15) is 8.42 Å². The number of aromatic nitrogens is 2. The summed E-state index contributed by atoms with van der Waals surface area (Å²) in [7, 11) is -1.81. The zero-order valence-electron chi connectivity index (χ0n) is 10.8. The lowest BCUT2D eigenvalue weighted by Gasteiger charge is -2.02. The molecule has 2 aromatic rings. The molecule has 2 N–H and O–H groups in total. The Labute approximate surface area is 116 Å². The highest BCUT2D eigenvalue weighted by Gasteiger charge is 2.17. The minimum absolute atomic E-state index is 0.297. The maximum Gasteiger partial charge on any atom is 0.272 e. The average molecular weight is 300 g/mol. The van der Waals surface area contributed by atoms with Crippen LogP contribution in [0.1, 0.15) is 12.5 Å². The molecule has 0 unspecified atom stereocenters. The number of rotatable bonds is 6. The molecule has 8 heteroatoms. The van der Waals surface area contributed by atoms with Gasteiger partial charge in [0, 0.05) is 25.9 Å². The van der Waals surface area contributed by atoms with Gasteiger partial charge in [0.2, 0.25) is 0 Å². The van der Waals surface area contributed by atoms with Crippen LogP contribution in [0.15, 0.2) is 27.9 Å². The summed E-state index contributed by atoms with van der Waals surface area (Å²) in [4.78, 5) is 0. The molecular weight excluding hydrogens is 284 g/mol. The van der Waals surface area contributed by atoms with Gasteiger partial charge in [-0.15, -0.1) is 11.3 Å². The Morgan fingerprint density at radius 1 is 1.47 bits per heavy atom. The van der Waals surface area contributed by atoms with Crippen LogP contribution in [0, 0.1) is 0 Å². The maximum atomic E-state index is 12.1. The summed E-state index contributed by atoms with van der Waals surface area (Å²) in [5.74, 6) is 0.323. The van der Waals surface area contributed by atoms with Gasteiger partial charge in [0.05, 0.1) is 0 Å². The Kier molecular flexibility index (Phi) is 4.23. The smallest absolute Gasteiger partial charge is 0.272 e. The fourth-order valence-corrected chi connectivity index (χ4v) is 3.72. The lowest BCUT2D eigenvalue weighted by molar-refractivity contribution is 0.602. The number of hydrogen-bond acceptors (Lipinski definition) is 5. The predicted octanol–water partition coefficient (Wildman–Crippen LogP) is 1.39. The van der Waals surface area contributed by atoms with Crippen molar-refractivity contribution in [3.63, 3.8) is 0 Å². The molecule has 2 heterocycles. The van der Waals surface area contributed by atoms with Crippen LogP contribution in [-0.4, -0.2) is 24.7 Å². The van der Waals surface area contributed by atoms with Crippen molar-refractivity contribution >= 4 is 27.2 Å². The first-order valence-corrected chi connectivity index (χ1v) is 8.18. The second-order valence-corrected chi connectivity index (χ2v) is 6.85. The second-order valence-electron chi connectivity index (χ2n) is 4.03. The van der Waals surface area contributed by atoms with Gasteiger partial charge in [0.15, 0.2) is 5.82 Å². The Morgan fingerprint density at radius 2 is 2.26 bits per heavy atom. The van der Waals surface area contributed by atoms with Crippen LogP contribution in [0.2, 0.25) is 0 Å². The predicted molar refractivity (Wildman–Crippen MR) is 75.7 cm³/mol. The van der Waals surface area contributed by atoms with E-state index in [0.29, 0.717) is 16.6 Å². The van der Waals surface area contributed by atoms with E-state index in [1.165, 1.54) is 11.3 Å². The third kappa shape index (κ3) is 3.55. The summed E-state index contributed by atoms with van der Waals surface area (Å²) in [6.07, 6.45) is 1.68. The molecule has 0 saturated carbocycles. The third-order valence-electron chi connectivity index (χ3n) is 2.43. The van der Waals surface area contributed by atoms with Crippen molar-refractivity contribution < 1.29 is 8.42 Å². The van der Waals surface area contributed by atoms with Crippen LogP contribution >= 0.6 is 11.3 Å². The molecular formula is C11H16N4O2S2.